The van der Waals surface area contributed by atoms with Gasteiger partial charge in [0.15, 0.2) is 0 Å². The number of ether oxygens (including phenoxy) is 2. The van der Waals surface area contributed by atoms with Crippen molar-refractivity contribution < 1.29 is 9.47 Å². The van der Waals surface area contributed by atoms with Crippen molar-refractivity contribution >= 4 is 18.5 Å². The Balaban J connectivity index is 1.37. The molecule has 5 rings (SSSR count). The maximum Gasteiger partial charge on any atom is 0.116 e. The van der Waals surface area contributed by atoms with Crippen LogP contribution in [0.1, 0.15) is 51.4 Å². The Kier molecular flexibility index (Phi) is 8.33. The summed E-state index contributed by atoms with van der Waals surface area (Å²) in [5.41, 5.74) is 0. The van der Waals surface area contributed by atoms with Gasteiger partial charge in [-0.3, -0.25) is 0 Å². The molecule has 2 nitrogen and oxygen atoms in total. The standard InChI is InChI=1S/C31H37O2P/c1-5-13-26(14-6-1)32-28-21-25(22-29(23-28)33-27-15-7-2-8-16-27)24-34(30-17-9-3-10-18-30)31-19-11-4-12-20-31/h3-5,7,9-13,15,17-21,25-27,29H,1-2,6,8,14,16,22-24H2. The fourth-order valence-corrected chi connectivity index (χ4v) is 7.90. The second-order valence-electron chi connectivity index (χ2n) is 9.79. The van der Waals surface area contributed by atoms with Crippen molar-refractivity contribution in [2.24, 2.45) is 5.92 Å². The quantitative estimate of drug-likeness (QED) is 0.303. The van der Waals surface area contributed by atoms with Crippen molar-refractivity contribution in [1.29, 1.82) is 0 Å². The third kappa shape index (κ3) is 6.49. The first kappa shape index (κ1) is 23.6. The van der Waals surface area contributed by atoms with Gasteiger partial charge in [-0.15, -0.1) is 0 Å². The maximum absolute atomic E-state index is 6.66. The molecule has 0 spiro atoms. The highest BCUT2D eigenvalue weighted by Crippen LogP contribution is 2.40. The first-order valence-corrected chi connectivity index (χ1v) is 14.6. The van der Waals surface area contributed by atoms with Crippen LogP contribution in [0.5, 0.6) is 0 Å². The van der Waals surface area contributed by atoms with Gasteiger partial charge in [-0.25, -0.2) is 0 Å². The van der Waals surface area contributed by atoms with Crippen LogP contribution in [-0.2, 0) is 9.47 Å². The molecule has 3 heteroatoms. The lowest BCUT2D eigenvalue weighted by molar-refractivity contribution is -0.0192. The first-order chi connectivity index (χ1) is 16.8. The molecule has 0 aliphatic heterocycles. The fourth-order valence-electron chi connectivity index (χ4n) is 5.39. The molecule has 34 heavy (non-hydrogen) atoms. The smallest absolute Gasteiger partial charge is 0.116 e. The van der Waals surface area contributed by atoms with Gasteiger partial charge >= 0.3 is 0 Å². The van der Waals surface area contributed by atoms with Crippen LogP contribution in [0.2, 0.25) is 0 Å². The number of hydrogen-bond donors (Lipinski definition) is 0. The molecule has 0 saturated carbocycles. The largest absolute Gasteiger partial charge is 0.491 e. The lowest BCUT2D eigenvalue weighted by atomic mass is 9.92. The summed E-state index contributed by atoms with van der Waals surface area (Å²) in [7, 11) is -0.434. The molecule has 0 radical (unpaired) electrons. The maximum atomic E-state index is 6.66. The zero-order chi connectivity index (χ0) is 23.0. The zero-order valence-electron chi connectivity index (χ0n) is 20.1. The van der Waals surface area contributed by atoms with Gasteiger partial charge in [-0.2, -0.15) is 0 Å². The highest BCUT2D eigenvalue weighted by atomic mass is 31.1. The first-order valence-electron chi connectivity index (χ1n) is 13.1. The summed E-state index contributed by atoms with van der Waals surface area (Å²) in [6.07, 6.45) is 22.5. The van der Waals surface area contributed by atoms with Crippen molar-refractivity contribution in [3.8, 4) is 0 Å². The van der Waals surface area contributed by atoms with E-state index in [4.69, 9.17) is 9.47 Å². The van der Waals surface area contributed by atoms with E-state index in [9.17, 15) is 0 Å². The molecule has 2 aromatic carbocycles. The van der Waals surface area contributed by atoms with Gasteiger partial charge in [0.1, 0.15) is 6.10 Å². The van der Waals surface area contributed by atoms with E-state index in [1.165, 1.54) is 36.3 Å². The lowest BCUT2D eigenvalue weighted by Gasteiger charge is -2.34. The summed E-state index contributed by atoms with van der Waals surface area (Å²) >= 11 is 0. The number of rotatable bonds is 8. The van der Waals surface area contributed by atoms with E-state index in [1.807, 2.05) is 0 Å². The van der Waals surface area contributed by atoms with Gasteiger partial charge in [-0.05, 0) is 87.7 Å². The minimum absolute atomic E-state index is 0.221. The average Bonchev–Trinajstić information content (AvgIpc) is 2.89. The highest BCUT2D eigenvalue weighted by Gasteiger charge is 2.30. The molecule has 0 fully saturated rings. The molecule has 4 atom stereocenters. The van der Waals surface area contributed by atoms with Gasteiger partial charge < -0.3 is 9.47 Å². The predicted octanol–water partition coefficient (Wildman–Crippen LogP) is 7.03. The number of hydrogen-bond acceptors (Lipinski definition) is 2. The van der Waals surface area contributed by atoms with E-state index in [-0.39, 0.29) is 18.3 Å². The van der Waals surface area contributed by atoms with Gasteiger partial charge in [0, 0.05) is 6.42 Å². The Hall–Kier alpha value is -2.15. The Morgan fingerprint density at radius 1 is 0.765 bits per heavy atom. The second kappa shape index (κ2) is 12.0. The Morgan fingerprint density at radius 3 is 1.97 bits per heavy atom. The van der Waals surface area contributed by atoms with E-state index < -0.39 is 7.92 Å². The van der Waals surface area contributed by atoms with Crippen LogP contribution in [0.15, 0.2) is 96.8 Å². The van der Waals surface area contributed by atoms with Crippen LogP contribution in [0.4, 0.5) is 0 Å². The molecular formula is C31H37O2P. The number of allylic oxidation sites excluding steroid dienone is 3. The summed E-state index contributed by atoms with van der Waals surface area (Å²) in [6, 6.07) is 22.1. The summed E-state index contributed by atoms with van der Waals surface area (Å²) < 4.78 is 13.2. The molecule has 0 saturated heterocycles. The molecular weight excluding hydrogens is 435 g/mol. The molecule has 0 amide bonds. The summed E-state index contributed by atoms with van der Waals surface area (Å²) in [5, 5.41) is 2.90. The fraction of sp³-hybridized carbons (Fsp3) is 0.419. The Bertz CT molecular complexity index is 942. The zero-order valence-corrected chi connectivity index (χ0v) is 21.0. The molecule has 178 valence electrons. The topological polar surface area (TPSA) is 18.5 Å². The van der Waals surface area contributed by atoms with E-state index in [2.05, 4.69) is 91.0 Å². The van der Waals surface area contributed by atoms with E-state index in [0.717, 1.165) is 37.6 Å². The minimum atomic E-state index is -0.434. The molecule has 2 aromatic rings. The van der Waals surface area contributed by atoms with Crippen LogP contribution in [-0.4, -0.2) is 24.5 Å². The van der Waals surface area contributed by atoms with Gasteiger partial charge in [0.05, 0.1) is 18.0 Å². The molecule has 3 aliphatic rings. The van der Waals surface area contributed by atoms with Gasteiger partial charge in [0.2, 0.25) is 0 Å². The van der Waals surface area contributed by atoms with Gasteiger partial charge in [0.25, 0.3) is 0 Å². The molecule has 3 aliphatic carbocycles. The molecule has 0 heterocycles. The van der Waals surface area contributed by atoms with Crippen molar-refractivity contribution in [3.63, 3.8) is 0 Å². The lowest BCUT2D eigenvalue weighted by Crippen LogP contribution is -2.30. The van der Waals surface area contributed by atoms with Crippen LogP contribution in [0, 0.1) is 5.92 Å². The second-order valence-corrected chi connectivity index (χ2v) is 12.0. The van der Waals surface area contributed by atoms with Crippen molar-refractivity contribution in [2.45, 2.75) is 69.7 Å². The van der Waals surface area contributed by atoms with Crippen LogP contribution in [0.25, 0.3) is 0 Å². The van der Waals surface area contributed by atoms with E-state index in [1.54, 1.807) is 0 Å². The van der Waals surface area contributed by atoms with E-state index >= 15 is 0 Å². The van der Waals surface area contributed by atoms with Crippen LogP contribution in [0.3, 0.4) is 0 Å². The third-order valence-corrected chi connectivity index (χ3v) is 9.74. The van der Waals surface area contributed by atoms with Crippen molar-refractivity contribution in [2.75, 3.05) is 6.16 Å². The highest BCUT2D eigenvalue weighted by molar-refractivity contribution is 7.73. The third-order valence-electron chi connectivity index (χ3n) is 7.06. The summed E-state index contributed by atoms with van der Waals surface area (Å²) in [6.45, 7) is 0. The minimum Gasteiger partial charge on any atom is -0.491 e. The SMILES string of the molecule is C1=CC(OC2=CC(CP(c3ccccc3)c3ccccc3)CC(OC3C=CCCC3)C2)CCC1. The Labute approximate surface area is 206 Å². The Morgan fingerprint density at radius 2 is 1.38 bits per heavy atom. The van der Waals surface area contributed by atoms with Crippen molar-refractivity contribution in [1.82, 2.24) is 0 Å². The predicted molar refractivity (Wildman–Crippen MR) is 144 cm³/mol. The average molecular weight is 473 g/mol. The van der Waals surface area contributed by atoms with Crippen LogP contribution < -0.4 is 10.6 Å². The molecule has 0 N–H and O–H groups in total. The van der Waals surface area contributed by atoms with Crippen molar-refractivity contribution in [3.05, 3.63) is 96.8 Å². The molecule has 0 bridgehead atoms. The summed E-state index contributed by atoms with van der Waals surface area (Å²) in [5.74, 6) is 1.61. The summed E-state index contributed by atoms with van der Waals surface area (Å²) in [4.78, 5) is 0. The normalized spacial score (nSPS) is 26.9. The molecule has 4 unspecified atom stereocenters. The molecule has 0 aromatic heterocycles. The number of benzene rings is 2. The monoisotopic (exact) mass is 472 g/mol. The van der Waals surface area contributed by atoms with Crippen LogP contribution >= 0.6 is 7.92 Å². The van der Waals surface area contributed by atoms with E-state index in [0.29, 0.717) is 5.92 Å². The van der Waals surface area contributed by atoms with Gasteiger partial charge in [-0.1, -0.05) is 78.9 Å².